The van der Waals surface area contributed by atoms with E-state index in [1.165, 1.54) is 13.0 Å². The molecule has 0 spiro atoms. The molecular formula is C18H19ClN2O4S. The van der Waals surface area contributed by atoms with E-state index in [9.17, 15) is 18.0 Å². The lowest BCUT2D eigenvalue weighted by atomic mass is 10.1. The van der Waals surface area contributed by atoms with Crippen molar-refractivity contribution in [3.63, 3.8) is 0 Å². The van der Waals surface area contributed by atoms with E-state index in [2.05, 4.69) is 5.32 Å². The number of carbonyl (C=O) groups excluding carboxylic acids is 2. The Morgan fingerprint density at radius 3 is 2.35 bits per heavy atom. The fourth-order valence-electron chi connectivity index (χ4n) is 2.33. The van der Waals surface area contributed by atoms with Gasteiger partial charge in [-0.05, 0) is 43.3 Å². The van der Waals surface area contributed by atoms with Crippen LogP contribution in [0.5, 0.6) is 0 Å². The summed E-state index contributed by atoms with van der Waals surface area (Å²) in [6.45, 7) is 1.36. The van der Waals surface area contributed by atoms with E-state index in [-0.39, 0.29) is 24.7 Å². The molecule has 1 N–H and O–H groups in total. The van der Waals surface area contributed by atoms with Gasteiger partial charge in [-0.1, -0.05) is 23.7 Å². The van der Waals surface area contributed by atoms with Crippen molar-refractivity contribution in [1.82, 2.24) is 0 Å². The summed E-state index contributed by atoms with van der Waals surface area (Å²) in [5.74, 6) is -0.496. The topological polar surface area (TPSA) is 83.6 Å². The molecule has 8 heteroatoms. The predicted octanol–water partition coefficient (Wildman–Crippen LogP) is 3.34. The van der Waals surface area contributed by atoms with Gasteiger partial charge in [-0.15, -0.1) is 0 Å². The largest absolute Gasteiger partial charge is 0.326 e. The summed E-state index contributed by atoms with van der Waals surface area (Å²) in [6, 6.07) is 12.9. The van der Waals surface area contributed by atoms with Gasteiger partial charge in [0.25, 0.3) is 0 Å². The summed E-state index contributed by atoms with van der Waals surface area (Å²) >= 11 is 5.79. The highest BCUT2D eigenvalue weighted by Crippen LogP contribution is 2.20. The zero-order valence-corrected chi connectivity index (χ0v) is 16.0. The number of nitrogens with zero attached hydrogens (tertiary/aromatic N) is 1. The molecule has 0 fully saturated rings. The first-order valence-corrected chi connectivity index (χ1v) is 10.0. The summed E-state index contributed by atoms with van der Waals surface area (Å²) in [6.07, 6.45) is 1.02. The number of ketones is 1. The minimum absolute atomic E-state index is 0.0417. The Bertz CT molecular complexity index is 911. The van der Waals surface area contributed by atoms with Crippen LogP contribution in [0.3, 0.4) is 0 Å². The maximum atomic E-state index is 12.1. The molecule has 2 aromatic rings. The van der Waals surface area contributed by atoms with Crippen LogP contribution in [-0.2, 0) is 14.8 Å². The van der Waals surface area contributed by atoms with Gasteiger partial charge in [0.15, 0.2) is 5.78 Å². The van der Waals surface area contributed by atoms with Crippen LogP contribution < -0.4 is 9.62 Å². The quantitative estimate of drug-likeness (QED) is 0.730. The monoisotopic (exact) mass is 394 g/mol. The van der Waals surface area contributed by atoms with Gasteiger partial charge in [0.2, 0.25) is 15.9 Å². The van der Waals surface area contributed by atoms with E-state index < -0.39 is 10.0 Å². The predicted molar refractivity (Wildman–Crippen MR) is 103 cm³/mol. The van der Waals surface area contributed by atoms with Crippen LogP contribution in [0, 0.1) is 0 Å². The Kier molecular flexibility index (Phi) is 6.39. The first-order chi connectivity index (χ1) is 12.2. The first-order valence-electron chi connectivity index (χ1n) is 7.81. The van der Waals surface area contributed by atoms with Gasteiger partial charge in [-0.3, -0.25) is 13.9 Å². The maximum absolute atomic E-state index is 12.1. The van der Waals surface area contributed by atoms with Crippen molar-refractivity contribution in [1.29, 1.82) is 0 Å². The number of amides is 1. The Balaban J connectivity index is 2.11. The van der Waals surface area contributed by atoms with E-state index >= 15 is 0 Å². The van der Waals surface area contributed by atoms with Crippen LogP contribution in [-0.4, -0.2) is 32.9 Å². The number of rotatable bonds is 7. The normalized spacial score (nSPS) is 11.0. The molecule has 0 saturated heterocycles. The second-order valence-corrected chi connectivity index (χ2v) is 8.09. The van der Waals surface area contributed by atoms with Crippen LogP contribution >= 0.6 is 11.6 Å². The molecule has 0 aliphatic carbocycles. The van der Waals surface area contributed by atoms with Crippen LogP contribution in [0.25, 0.3) is 0 Å². The van der Waals surface area contributed by atoms with Crippen molar-refractivity contribution < 1.29 is 18.0 Å². The Hall–Kier alpha value is -2.38. The third kappa shape index (κ3) is 5.57. The van der Waals surface area contributed by atoms with Crippen molar-refractivity contribution in [2.45, 2.75) is 13.3 Å². The Labute approximate surface area is 157 Å². The number of nitrogens with one attached hydrogen (secondary N) is 1. The molecule has 2 rings (SSSR count). The number of Topliss-reactive ketones (excluding diaryl/α,β-unsaturated/α-hetero) is 1. The third-order valence-electron chi connectivity index (χ3n) is 3.61. The van der Waals surface area contributed by atoms with Gasteiger partial charge in [0.05, 0.1) is 11.9 Å². The van der Waals surface area contributed by atoms with Gasteiger partial charge in [-0.2, -0.15) is 0 Å². The molecule has 26 heavy (non-hydrogen) atoms. The number of carbonyl (C=O) groups is 2. The Morgan fingerprint density at radius 1 is 1.12 bits per heavy atom. The molecule has 0 heterocycles. The SMILES string of the molecule is CC(=O)c1cccc(N(CCC(=O)Nc2ccc(Cl)cc2)S(C)(=O)=O)c1. The summed E-state index contributed by atoms with van der Waals surface area (Å²) in [4.78, 5) is 23.6. The molecular weight excluding hydrogens is 376 g/mol. The van der Waals surface area contributed by atoms with Gasteiger partial charge >= 0.3 is 0 Å². The van der Waals surface area contributed by atoms with E-state index in [1.807, 2.05) is 0 Å². The molecule has 0 bridgehead atoms. The van der Waals surface area contributed by atoms with Gasteiger partial charge in [0.1, 0.15) is 0 Å². The highest BCUT2D eigenvalue weighted by molar-refractivity contribution is 7.92. The molecule has 2 aromatic carbocycles. The molecule has 0 aromatic heterocycles. The molecule has 1 amide bonds. The zero-order valence-electron chi connectivity index (χ0n) is 14.4. The van der Waals surface area contributed by atoms with E-state index in [1.54, 1.807) is 42.5 Å². The molecule has 0 saturated carbocycles. The molecule has 6 nitrogen and oxygen atoms in total. The van der Waals surface area contributed by atoms with Crippen molar-refractivity contribution in [3.05, 3.63) is 59.1 Å². The lowest BCUT2D eigenvalue weighted by molar-refractivity contribution is -0.116. The number of benzene rings is 2. The van der Waals surface area contributed by atoms with Gasteiger partial charge < -0.3 is 5.32 Å². The van der Waals surface area contributed by atoms with Crippen LogP contribution in [0.4, 0.5) is 11.4 Å². The van der Waals surface area contributed by atoms with Gasteiger partial charge in [0, 0.05) is 29.2 Å². The average molecular weight is 395 g/mol. The highest BCUT2D eigenvalue weighted by Gasteiger charge is 2.19. The van der Waals surface area contributed by atoms with Crippen LogP contribution in [0.15, 0.2) is 48.5 Å². The second kappa shape index (κ2) is 8.33. The van der Waals surface area contributed by atoms with Gasteiger partial charge in [-0.25, -0.2) is 8.42 Å². The molecule has 0 aliphatic heterocycles. The molecule has 0 aliphatic rings. The summed E-state index contributed by atoms with van der Waals surface area (Å²) in [7, 11) is -3.61. The average Bonchev–Trinajstić information content (AvgIpc) is 2.56. The summed E-state index contributed by atoms with van der Waals surface area (Å²) in [5.41, 5.74) is 1.32. The number of halogens is 1. The second-order valence-electron chi connectivity index (χ2n) is 5.75. The smallest absolute Gasteiger partial charge is 0.232 e. The number of anilines is 2. The molecule has 0 radical (unpaired) electrons. The van der Waals surface area contributed by atoms with Crippen molar-refractivity contribution in [3.8, 4) is 0 Å². The zero-order chi connectivity index (χ0) is 19.3. The third-order valence-corrected chi connectivity index (χ3v) is 5.06. The van der Waals surface area contributed by atoms with E-state index in [0.717, 1.165) is 10.6 Å². The Morgan fingerprint density at radius 2 is 1.77 bits per heavy atom. The van der Waals surface area contributed by atoms with Crippen LogP contribution in [0.1, 0.15) is 23.7 Å². The van der Waals surface area contributed by atoms with Crippen molar-refractivity contribution >= 4 is 44.7 Å². The fraction of sp³-hybridized carbons (Fsp3) is 0.222. The first kappa shape index (κ1) is 19.9. The van der Waals surface area contributed by atoms with Crippen molar-refractivity contribution in [2.24, 2.45) is 0 Å². The summed E-state index contributed by atoms with van der Waals surface area (Å²) < 4.78 is 25.3. The number of hydrogen-bond donors (Lipinski definition) is 1. The number of sulfonamides is 1. The summed E-state index contributed by atoms with van der Waals surface area (Å²) in [5, 5.41) is 3.24. The standard InChI is InChI=1S/C18H19ClN2O4S/c1-13(22)14-4-3-5-17(12-14)21(26(2,24)25)11-10-18(23)20-16-8-6-15(19)7-9-16/h3-9,12H,10-11H2,1-2H3,(H,20,23). The molecule has 0 atom stereocenters. The van der Waals surface area contributed by atoms with E-state index in [4.69, 9.17) is 11.6 Å². The fourth-order valence-corrected chi connectivity index (χ4v) is 3.37. The highest BCUT2D eigenvalue weighted by atomic mass is 35.5. The van der Waals surface area contributed by atoms with E-state index in [0.29, 0.717) is 22.0 Å². The molecule has 138 valence electrons. The lowest BCUT2D eigenvalue weighted by Crippen LogP contribution is -2.33. The maximum Gasteiger partial charge on any atom is 0.232 e. The van der Waals surface area contributed by atoms with Crippen molar-refractivity contribution in [2.75, 3.05) is 22.4 Å². The lowest BCUT2D eigenvalue weighted by Gasteiger charge is -2.22. The minimum Gasteiger partial charge on any atom is -0.326 e. The number of hydrogen-bond acceptors (Lipinski definition) is 4. The van der Waals surface area contributed by atoms with Crippen LogP contribution in [0.2, 0.25) is 5.02 Å². The minimum atomic E-state index is -3.61. The molecule has 0 unspecified atom stereocenters.